The number of alkyl halides is 3. The summed E-state index contributed by atoms with van der Waals surface area (Å²) in [6, 6.07) is 8.89. The molecule has 3 heterocycles. The number of benzene rings is 1. The molecule has 0 bridgehead atoms. The predicted octanol–water partition coefficient (Wildman–Crippen LogP) is 3.74. The summed E-state index contributed by atoms with van der Waals surface area (Å²) in [5.41, 5.74) is -1.51. The Balaban J connectivity index is 1.58. The molecule has 4 rings (SSSR count). The van der Waals surface area contributed by atoms with Gasteiger partial charge in [0.25, 0.3) is 5.91 Å². The number of thiophene rings is 1. The Morgan fingerprint density at radius 3 is 2.55 bits per heavy atom. The average molecular weight is 477 g/mol. The first kappa shape index (κ1) is 23.1. The monoisotopic (exact) mass is 476 g/mol. The fourth-order valence-corrected chi connectivity index (χ4v) is 5.67. The summed E-state index contributed by atoms with van der Waals surface area (Å²) in [7, 11) is 1.55. The van der Waals surface area contributed by atoms with Crippen LogP contribution in [0.2, 0.25) is 0 Å². The number of amides is 2. The Bertz CT molecular complexity index is 1090. The summed E-state index contributed by atoms with van der Waals surface area (Å²) in [5.74, 6) is -0.597. The Morgan fingerprint density at radius 2 is 1.97 bits per heavy atom. The summed E-state index contributed by atoms with van der Waals surface area (Å²) in [6.45, 7) is 1.66. The second-order valence-corrected chi connectivity index (χ2v) is 9.47. The van der Waals surface area contributed by atoms with E-state index in [1.54, 1.807) is 29.0 Å². The van der Waals surface area contributed by atoms with Crippen molar-refractivity contribution in [3.05, 3.63) is 51.7 Å². The molecule has 6 nitrogen and oxygen atoms in total. The molecule has 0 aliphatic carbocycles. The zero-order chi connectivity index (χ0) is 23.8. The van der Waals surface area contributed by atoms with E-state index in [2.05, 4.69) is 5.32 Å². The van der Waals surface area contributed by atoms with Crippen molar-refractivity contribution in [2.75, 3.05) is 38.1 Å². The number of carbonyl (C=O) groups excluding carboxylic acids is 2. The van der Waals surface area contributed by atoms with Crippen molar-refractivity contribution >= 4 is 28.8 Å². The van der Waals surface area contributed by atoms with Gasteiger partial charge < -0.3 is 15.1 Å². The smallest absolute Gasteiger partial charge is 0.370 e. The van der Waals surface area contributed by atoms with Crippen LogP contribution in [0, 0.1) is 22.7 Å². The van der Waals surface area contributed by atoms with E-state index in [0.717, 1.165) is 6.07 Å². The van der Waals surface area contributed by atoms with E-state index in [1.165, 1.54) is 23.5 Å². The van der Waals surface area contributed by atoms with Gasteiger partial charge in [0.1, 0.15) is 0 Å². The molecular weight excluding hydrogens is 453 g/mol. The molecule has 2 aromatic rings. The SMILES string of the molecule is CNC(=O)C1CN(c2ccc(C#N)c(C(F)(F)F)c2)CC12CCN(C(=O)c1cccs1)CC2. The van der Waals surface area contributed by atoms with Gasteiger partial charge in [-0.25, -0.2) is 0 Å². The lowest BCUT2D eigenvalue weighted by Gasteiger charge is -2.41. The molecule has 2 aliphatic heterocycles. The highest BCUT2D eigenvalue weighted by atomic mass is 32.1. The summed E-state index contributed by atoms with van der Waals surface area (Å²) < 4.78 is 40.4. The van der Waals surface area contributed by atoms with Gasteiger partial charge in [0, 0.05) is 44.3 Å². The normalized spacial score (nSPS) is 20.0. The maximum atomic E-state index is 13.5. The number of likely N-dealkylation sites (tertiary alicyclic amines) is 1. The van der Waals surface area contributed by atoms with Gasteiger partial charge in [-0.05, 0) is 42.5 Å². The standard InChI is InChI=1S/C23H23F3N4O2S/c1-28-20(31)18-13-30(16-5-4-15(12-27)17(11-16)23(24,25)26)14-22(18)6-8-29(9-7-22)21(32)19-3-2-10-33-19/h2-5,10-11,18H,6-9,13-14H2,1H3,(H,28,31). The van der Waals surface area contributed by atoms with Gasteiger partial charge in [-0.1, -0.05) is 6.07 Å². The summed E-state index contributed by atoms with van der Waals surface area (Å²) in [4.78, 5) is 29.7. The fourth-order valence-electron chi connectivity index (χ4n) is 4.98. The Morgan fingerprint density at radius 1 is 1.24 bits per heavy atom. The third kappa shape index (κ3) is 4.29. The van der Waals surface area contributed by atoms with E-state index in [9.17, 15) is 22.8 Å². The number of piperidine rings is 1. The minimum Gasteiger partial charge on any atom is -0.370 e. The van der Waals surface area contributed by atoms with Crippen molar-refractivity contribution in [1.29, 1.82) is 5.26 Å². The molecule has 0 radical (unpaired) electrons. The lowest BCUT2D eigenvalue weighted by atomic mass is 9.70. The van der Waals surface area contributed by atoms with E-state index >= 15 is 0 Å². The van der Waals surface area contributed by atoms with Gasteiger partial charge >= 0.3 is 6.18 Å². The zero-order valence-corrected chi connectivity index (χ0v) is 18.8. The number of nitriles is 1. The van der Waals surface area contributed by atoms with Crippen LogP contribution >= 0.6 is 11.3 Å². The van der Waals surface area contributed by atoms with Crippen LogP contribution in [-0.4, -0.2) is 49.9 Å². The molecule has 1 aromatic heterocycles. The van der Waals surface area contributed by atoms with E-state index in [1.807, 2.05) is 11.4 Å². The van der Waals surface area contributed by atoms with Gasteiger partial charge in [0.05, 0.1) is 28.0 Å². The van der Waals surface area contributed by atoms with E-state index in [0.29, 0.717) is 43.0 Å². The third-order valence-corrected chi connectivity index (χ3v) is 7.64. The van der Waals surface area contributed by atoms with Gasteiger partial charge in [0.15, 0.2) is 0 Å². The highest BCUT2D eigenvalue weighted by molar-refractivity contribution is 7.12. The molecule has 1 N–H and O–H groups in total. The molecule has 1 unspecified atom stereocenters. The summed E-state index contributed by atoms with van der Waals surface area (Å²) >= 11 is 1.38. The first-order valence-corrected chi connectivity index (χ1v) is 11.5. The van der Waals surface area contributed by atoms with Crippen LogP contribution in [0.4, 0.5) is 18.9 Å². The topological polar surface area (TPSA) is 76.4 Å². The number of rotatable bonds is 3. The number of anilines is 1. The molecule has 2 amide bonds. The van der Waals surface area contributed by atoms with Crippen LogP contribution in [0.15, 0.2) is 35.7 Å². The number of hydrogen-bond donors (Lipinski definition) is 1. The second kappa shape index (κ2) is 8.71. The van der Waals surface area contributed by atoms with Crippen molar-refractivity contribution in [1.82, 2.24) is 10.2 Å². The quantitative estimate of drug-likeness (QED) is 0.732. The van der Waals surface area contributed by atoms with Crippen LogP contribution in [0.25, 0.3) is 0 Å². The van der Waals surface area contributed by atoms with Crippen LogP contribution in [0.1, 0.15) is 33.6 Å². The lowest BCUT2D eigenvalue weighted by Crippen LogP contribution is -2.49. The van der Waals surface area contributed by atoms with E-state index in [4.69, 9.17) is 5.26 Å². The molecule has 0 saturated carbocycles. The highest BCUT2D eigenvalue weighted by Crippen LogP contribution is 2.47. The Labute approximate surface area is 193 Å². The number of carbonyl (C=O) groups is 2. The zero-order valence-electron chi connectivity index (χ0n) is 18.0. The molecule has 2 aliphatic rings. The Kier molecular flexibility index (Phi) is 6.10. The van der Waals surface area contributed by atoms with Gasteiger partial charge in [-0.15, -0.1) is 11.3 Å². The average Bonchev–Trinajstić information content (AvgIpc) is 3.46. The second-order valence-electron chi connectivity index (χ2n) is 8.52. The molecule has 33 heavy (non-hydrogen) atoms. The van der Waals surface area contributed by atoms with Crippen LogP contribution in [0.3, 0.4) is 0 Å². The third-order valence-electron chi connectivity index (χ3n) is 6.78. The van der Waals surface area contributed by atoms with Crippen molar-refractivity contribution in [3.8, 4) is 6.07 Å². The van der Waals surface area contributed by atoms with Crippen LogP contribution < -0.4 is 10.2 Å². The maximum absolute atomic E-state index is 13.5. The van der Waals surface area contributed by atoms with Crippen LogP contribution in [0.5, 0.6) is 0 Å². The number of nitrogens with one attached hydrogen (secondary N) is 1. The van der Waals surface area contributed by atoms with Gasteiger partial charge in [-0.3, -0.25) is 9.59 Å². The molecule has 174 valence electrons. The lowest BCUT2D eigenvalue weighted by molar-refractivity contribution is -0.137. The van der Waals surface area contributed by atoms with Gasteiger partial charge in [-0.2, -0.15) is 18.4 Å². The fraction of sp³-hybridized carbons (Fsp3) is 0.435. The van der Waals surface area contributed by atoms with Crippen LogP contribution in [-0.2, 0) is 11.0 Å². The molecule has 2 saturated heterocycles. The summed E-state index contributed by atoms with van der Waals surface area (Å²) in [5, 5.41) is 13.6. The van der Waals surface area contributed by atoms with E-state index in [-0.39, 0.29) is 18.4 Å². The van der Waals surface area contributed by atoms with Crippen molar-refractivity contribution in [2.45, 2.75) is 19.0 Å². The predicted molar refractivity (Wildman–Crippen MR) is 118 cm³/mol. The molecule has 1 atom stereocenters. The number of halogens is 3. The van der Waals surface area contributed by atoms with Crippen molar-refractivity contribution in [3.63, 3.8) is 0 Å². The first-order chi connectivity index (χ1) is 15.7. The van der Waals surface area contributed by atoms with E-state index < -0.39 is 28.6 Å². The largest absolute Gasteiger partial charge is 0.417 e. The molecule has 1 aromatic carbocycles. The minimum atomic E-state index is -4.65. The van der Waals surface area contributed by atoms with Gasteiger partial charge in [0.2, 0.25) is 5.91 Å². The maximum Gasteiger partial charge on any atom is 0.417 e. The Hall–Kier alpha value is -3.06. The molecule has 2 fully saturated rings. The summed E-state index contributed by atoms with van der Waals surface area (Å²) in [6.07, 6.45) is -3.48. The highest BCUT2D eigenvalue weighted by Gasteiger charge is 2.51. The molecule has 1 spiro atoms. The van der Waals surface area contributed by atoms with Crippen molar-refractivity contribution in [2.24, 2.45) is 11.3 Å². The molecule has 10 heteroatoms. The number of nitrogens with zero attached hydrogens (tertiary/aromatic N) is 3. The first-order valence-electron chi connectivity index (χ1n) is 10.6. The molecular formula is C23H23F3N4O2S. The number of hydrogen-bond acceptors (Lipinski definition) is 5. The minimum absolute atomic E-state index is 0.0342. The van der Waals surface area contributed by atoms with Crippen molar-refractivity contribution < 1.29 is 22.8 Å².